The molecule has 2 aromatic carbocycles. The lowest BCUT2D eigenvalue weighted by atomic mass is 10.1. The van der Waals surface area contributed by atoms with E-state index in [9.17, 15) is 9.59 Å². The van der Waals surface area contributed by atoms with E-state index in [0.29, 0.717) is 17.8 Å². The van der Waals surface area contributed by atoms with Crippen LogP contribution in [0.15, 0.2) is 36.4 Å². The van der Waals surface area contributed by atoms with Crippen LogP contribution < -0.4 is 10.6 Å². The first-order valence-corrected chi connectivity index (χ1v) is 10.5. The number of carbonyl (C=O) groups excluding carboxylic acids is 2. The standard InChI is InChI=1S/C24H32N4O2/c1-17-6-9-21(19(3)14-17)26-24(30)20-8-7-18(2)22(15-20)25-23(29)16-28-11-5-10-27(4)12-13-28/h6-9,14-15H,5,10-13,16H2,1-4H3,(H,25,29)(H,26,30). The van der Waals surface area contributed by atoms with E-state index in [1.54, 1.807) is 12.1 Å². The fourth-order valence-electron chi connectivity index (χ4n) is 3.70. The minimum Gasteiger partial charge on any atom is -0.325 e. The molecule has 0 bridgehead atoms. The molecule has 2 amide bonds. The number of nitrogens with zero attached hydrogens (tertiary/aromatic N) is 2. The Morgan fingerprint density at radius 2 is 1.67 bits per heavy atom. The maximum absolute atomic E-state index is 12.7. The zero-order valence-corrected chi connectivity index (χ0v) is 18.4. The van der Waals surface area contributed by atoms with Gasteiger partial charge in [0.15, 0.2) is 0 Å². The number of nitrogens with one attached hydrogen (secondary N) is 2. The molecule has 30 heavy (non-hydrogen) atoms. The summed E-state index contributed by atoms with van der Waals surface area (Å²) in [6.07, 6.45) is 1.07. The highest BCUT2D eigenvalue weighted by atomic mass is 16.2. The molecule has 2 N–H and O–H groups in total. The van der Waals surface area contributed by atoms with Gasteiger partial charge in [0.05, 0.1) is 6.54 Å². The lowest BCUT2D eigenvalue weighted by molar-refractivity contribution is -0.117. The third-order valence-electron chi connectivity index (χ3n) is 5.58. The first-order valence-electron chi connectivity index (χ1n) is 10.5. The number of benzene rings is 2. The van der Waals surface area contributed by atoms with E-state index < -0.39 is 0 Å². The molecule has 0 aliphatic carbocycles. The van der Waals surface area contributed by atoms with Crippen molar-refractivity contribution in [3.05, 3.63) is 58.7 Å². The molecular formula is C24H32N4O2. The quantitative estimate of drug-likeness (QED) is 0.796. The summed E-state index contributed by atoms with van der Waals surface area (Å²) in [5, 5.41) is 5.96. The molecule has 3 rings (SSSR count). The number of amides is 2. The van der Waals surface area contributed by atoms with Crippen molar-refractivity contribution in [1.29, 1.82) is 0 Å². The largest absolute Gasteiger partial charge is 0.325 e. The van der Waals surface area contributed by atoms with E-state index in [-0.39, 0.29) is 11.8 Å². The first-order chi connectivity index (χ1) is 14.3. The first kappa shape index (κ1) is 22.0. The zero-order chi connectivity index (χ0) is 21.7. The van der Waals surface area contributed by atoms with Crippen LogP contribution >= 0.6 is 0 Å². The number of likely N-dealkylation sites (N-methyl/N-ethyl adjacent to an activating group) is 1. The zero-order valence-electron chi connectivity index (χ0n) is 18.4. The van der Waals surface area contributed by atoms with Crippen molar-refractivity contribution in [3.8, 4) is 0 Å². The molecule has 1 aliphatic heterocycles. The number of carbonyl (C=O) groups is 2. The van der Waals surface area contributed by atoms with E-state index in [0.717, 1.165) is 55.0 Å². The van der Waals surface area contributed by atoms with Gasteiger partial charge in [-0.05, 0) is 76.7 Å². The third-order valence-corrected chi connectivity index (χ3v) is 5.58. The van der Waals surface area contributed by atoms with Crippen molar-refractivity contribution in [2.24, 2.45) is 0 Å². The van der Waals surface area contributed by atoms with E-state index in [1.165, 1.54) is 0 Å². The number of anilines is 2. The molecule has 0 radical (unpaired) electrons. The summed E-state index contributed by atoms with van der Waals surface area (Å²) >= 11 is 0. The van der Waals surface area contributed by atoms with Gasteiger partial charge in [0, 0.05) is 30.0 Å². The van der Waals surface area contributed by atoms with E-state index in [2.05, 4.69) is 27.5 Å². The Balaban J connectivity index is 1.65. The Hall–Kier alpha value is -2.70. The molecule has 1 aliphatic rings. The Bertz CT molecular complexity index is 925. The van der Waals surface area contributed by atoms with Crippen LogP contribution in [-0.2, 0) is 4.79 Å². The summed E-state index contributed by atoms with van der Waals surface area (Å²) in [5.41, 5.74) is 5.10. The van der Waals surface area contributed by atoms with Crippen molar-refractivity contribution >= 4 is 23.2 Å². The third kappa shape index (κ3) is 5.90. The number of aryl methyl sites for hydroxylation is 3. The highest BCUT2D eigenvalue weighted by Gasteiger charge is 2.16. The molecule has 0 saturated carbocycles. The summed E-state index contributed by atoms with van der Waals surface area (Å²) < 4.78 is 0. The molecule has 6 heteroatoms. The van der Waals surface area contributed by atoms with Gasteiger partial charge in [-0.2, -0.15) is 0 Å². The lowest BCUT2D eigenvalue weighted by Gasteiger charge is -2.20. The van der Waals surface area contributed by atoms with Crippen molar-refractivity contribution in [2.75, 3.05) is 50.4 Å². The molecule has 0 spiro atoms. The average molecular weight is 409 g/mol. The molecule has 160 valence electrons. The van der Waals surface area contributed by atoms with Crippen LogP contribution in [0.3, 0.4) is 0 Å². The van der Waals surface area contributed by atoms with Gasteiger partial charge in [-0.1, -0.05) is 23.8 Å². The predicted molar refractivity (Wildman–Crippen MR) is 122 cm³/mol. The summed E-state index contributed by atoms with van der Waals surface area (Å²) in [5.74, 6) is -0.234. The van der Waals surface area contributed by atoms with Gasteiger partial charge in [0.2, 0.25) is 5.91 Å². The molecule has 1 heterocycles. The molecule has 1 saturated heterocycles. The van der Waals surface area contributed by atoms with Gasteiger partial charge < -0.3 is 15.5 Å². The number of hydrogen-bond donors (Lipinski definition) is 2. The predicted octanol–water partition coefficient (Wildman–Crippen LogP) is 3.44. The van der Waals surface area contributed by atoms with Crippen LogP contribution in [0.2, 0.25) is 0 Å². The Morgan fingerprint density at radius 1 is 0.867 bits per heavy atom. The number of rotatable bonds is 5. The lowest BCUT2D eigenvalue weighted by Crippen LogP contribution is -2.36. The van der Waals surface area contributed by atoms with E-state index in [1.807, 2.05) is 45.0 Å². The van der Waals surface area contributed by atoms with Gasteiger partial charge in [-0.25, -0.2) is 0 Å². The monoisotopic (exact) mass is 408 g/mol. The topological polar surface area (TPSA) is 64.7 Å². The molecule has 0 unspecified atom stereocenters. The molecule has 1 fully saturated rings. The minimum atomic E-state index is -0.187. The van der Waals surface area contributed by atoms with E-state index in [4.69, 9.17) is 0 Å². The van der Waals surface area contributed by atoms with E-state index >= 15 is 0 Å². The number of hydrogen-bond acceptors (Lipinski definition) is 4. The van der Waals surface area contributed by atoms with Crippen molar-refractivity contribution in [2.45, 2.75) is 27.2 Å². The SMILES string of the molecule is Cc1ccc(NC(=O)c2ccc(C)c(NC(=O)CN3CCCN(C)CC3)c2)c(C)c1. The van der Waals surface area contributed by atoms with Gasteiger partial charge in [0.1, 0.15) is 0 Å². The Kier molecular flexibility index (Phi) is 7.24. The second-order valence-electron chi connectivity index (χ2n) is 8.28. The Labute approximate surface area is 179 Å². The van der Waals surface area contributed by atoms with Crippen LogP contribution in [0.4, 0.5) is 11.4 Å². The van der Waals surface area contributed by atoms with Crippen LogP contribution in [0.5, 0.6) is 0 Å². The highest BCUT2D eigenvalue weighted by Crippen LogP contribution is 2.20. The minimum absolute atomic E-state index is 0.0467. The molecule has 0 atom stereocenters. The highest BCUT2D eigenvalue weighted by molar-refractivity contribution is 6.06. The second kappa shape index (κ2) is 9.87. The van der Waals surface area contributed by atoms with Crippen LogP contribution in [0.1, 0.15) is 33.5 Å². The fraction of sp³-hybridized carbons (Fsp3) is 0.417. The molecule has 0 aromatic heterocycles. The molecule has 2 aromatic rings. The van der Waals surface area contributed by atoms with Gasteiger partial charge in [-0.3, -0.25) is 14.5 Å². The van der Waals surface area contributed by atoms with Crippen LogP contribution in [0, 0.1) is 20.8 Å². The van der Waals surface area contributed by atoms with Crippen LogP contribution in [-0.4, -0.2) is 61.4 Å². The summed E-state index contributed by atoms with van der Waals surface area (Å²) in [6.45, 7) is 10.2. The fourth-order valence-corrected chi connectivity index (χ4v) is 3.70. The average Bonchev–Trinajstić information content (AvgIpc) is 2.89. The summed E-state index contributed by atoms with van der Waals surface area (Å²) in [6, 6.07) is 11.3. The van der Waals surface area contributed by atoms with Gasteiger partial charge in [-0.15, -0.1) is 0 Å². The summed E-state index contributed by atoms with van der Waals surface area (Å²) in [4.78, 5) is 29.8. The maximum Gasteiger partial charge on any atom is 0.255 e. The summed E-state index contributed by atoms with van der Waals surface area (Å²) in [7, 11) is 2.11. The maximum atomic E-state index is 12.7. The van der Waals surface area contributed by atoms with Crippen LogP contribution in [0.25, 0.3) is 0 Å². The van der Waals surface area contributed by atoms with Crippen molar-refractivity contribution in [3.63, 3.8) is 0 Å². The smallest absolute Gasteiger partial charge is 0.255 e. The van der Waals surface area contributed by atoms with Gasteiger partial charge in [0.25, 0.3) is 5.91 Å². The normalized spacial score (nSPS) is 15.5. The Morgan fingerprint density at radius 3 is 2.43 bits per heavy atom. The molecular weight excluding hydrogens is 376 g/mol. The second-order valence-corrected chi connectivity index (χ2v) is 8.28. The van der Waals surface area contributed by atoms with Crippen molar-refractivity contribution < 1.29 is 9.59 Å². The van der Waals surface area contributed by atoms with Crippen molar-refractivity contribution in [1.82, 2.24) is 9.80 Å². The molecule has 6 nitrogen and oxygen atoms in total. The van der Waals surface area contributed by atoms with Gasteiger partial charge >= 0.3 is 0 Å².